The lowest BCUT2D eigenvalue weighted by molar-refractivity contribution is -0.137. The Morgan fingerprint density at radius 1 is 0.971 bits per heavy atom. The van der Waals surface area contributed by atoms with Gasteiger partial charge in [0, 0.05) is 30.2 Å². The molecule has 182 valence electrons. The molecule has 4 rings (SSSR count). The quantitative estimate of drug-likeness (QED) is 0.451. The third-order valence-corrected chi connectivity index (χ3v) is 7.19. The van der Waals surface area contributed by atoms with Crippen molar-refractivity contribution in [3.05, 3.63) is 91.2 Å². The number of aromatic nitrogens is 2. The largest absolute Gasteiger partial charge is 0.416 e. The fourth-order valence-electron chi connectivity index (χ4n) is 4.27. The molecule has 2 aromatic carbocycles. The molecule has 0 radical (unpaired) electrons. The highest BCUT2D eigenvalue weighted by Crippen LogP contribution is 2.30. The fourth-order valence-corrected chi connectivity index (χ4v) is 5.07. The highest BCUT2D eigenvalue weighted by atomic mass is 32.1. The molecule has 1 fully saturated rings. The van der Waals surface area contributed by atoms with Gasteiger partial charge in [-0.2, -0.15) is 13.2 Å². The lowest BCUT2D eigenvalue weighted by atomic mass is 9.93. The second-order valence-electron chi connectivity index (χ2n) is 8.63. The molecule has 0 aliphatic carbocycles. The maximum Gasteiger partial charge on any atom is 0.416 e. The summed E-state index contributed by atoms with van der Waals surface area (Å²) >= 11 is 0.763. The number of hydrogen-bond donors (Lipinski definition) is 0. The molecule has 1 aliphatic heterocycles. The molecule has 0 bridgehead atoms. The maximum atomic E-state index is 14.2. The fraction of sp³-hybridized carbons (Fsp3) is 0.417. The first-order chi connectivity index (χ1) is 16.2. The third-order valence-electron chi connectivity index (χ3n) is 6.26. The van der Waals surface area contributed by atoms with Crippen LogP contribution in [0.3, 0.4) is 0 Å². The summed E-state index contributed by atoms with van der Waals surface area (Å²) in [6, 6.07) is 12.4. The normalized spacial score (nSPS) is 15.6. The van der Waals surface area contributed by atoms with Crippen LogP contribution in [0.15, 0.2) is 58.1 Å². The Hall–Kier alpha value is -2.72. The lowest BCUT2D eigenvalue weighted by Gasteiger charge is -2.32. The number of rotatable bonds is 7. The molecule has 34 heavy (non-hydrogen) atoms. The van der Waals surface area contributed by atoms with E-state index in [2.05, 4.69) is 17.0 Å². The van der Waals surface area contributed by atoms with Gasteiger partial charge in [0.15, 0.2) is 0 Å². The van der Waals surface area contributed by atoms with Gasteiger partial charge in [0.1, 0.15) is 5.82 Å². The van der Waals surface area contributed by atoms with Crippen LogP contribution < -0.4 is 10.6 Å². The molecule has 0 N–H and O–H groups in total. The molecule has 0 unspecified atom stereocenters. The van der Waals surface area contributed by atoms with E-state index in [1.54, 1.807) is 0 Å². The summed E-state index contributed by atoms with van der Waals surface area (Å²) in [6.45, 7) is 2.85. The molecule has 1 aliphatic rings. The number of likely N-dealkylation sites (tertiary alicyclic amines) is 1. The van der Waals surface area contributed by atoms with Crippen LogP contribution in [0.1, 0.15) is 36.0 Å². The van der Waals surface area contributed by atoms with Crippen molar-refractivity contribution in [1.29, 1.82) is 0 Å². The molecule has 2 heterocycles. The summed E-state index contributed by atoms with van der Waals surface area (Å²) in [6.07, 6.45) is -1.89. The number of nitrogens with zero attached hydrogens (tertiary/aromatic N) is 3. The predicted molar refractivity (Wildman–Crippen MR) is 122 cm³/mol. The molecule has 0 atom stereocenters. The zero-order chi connectivity index (χ0) is 24.3. The van der Waals surface area contributed by atoms with E-state index in [-0.39, 0.29) is 5.56 Å². The Labute approximate surface area is 198 Å². The second-order valence-corrected chi connectivity index (χ2v) is 9.60. The summed E-state index contributed by atoms with van der Waals surface area (Å²) in [5, 5.41) is 0. The van der Waals surface area contributed by atoms with E-state index in [0.717, 1.165) is 67.1 Å². The van der Waals surface area contributed by atoms with Crippen molar-refractivity contribution in [2.24, 2.45) is 5.92 Å². The van der Waals surface area contributed by atoms with Crippen molar-refractivity contribution < 1.29 is 17.6 Å². The van der Waals surface area contributed by atoms with E-state index in [9.17, 15) is 27.2 Å². The first kappa shape index (κ1) is 24.4. The molecule has 1 aromatic heterocycles. The Morgan fingerprint density at radius 2 is 1.68 bits per heavy atom. The summed E-state index contributed by atoms with van der Waals surface area (Å²) in [5.74, 6) is -0.655. The number of benzene rings is 2. The van der Waals surface area contributed by atoms with Crippen LogP contribution in [0.4, 0.5) is 17.6 Å². The lowest BCUT2D eigenvalue weighted by Crippen LogP contribution is -2.34. The molecule has 0 spiro atoms. The molecule has 0 amide bonds. The minimum Gasteiger partial charge on any atom is -0.299 e. The second kappa shape index (κ2) is 10.3. The number of hydrogen-bond acceptors (Lipinski definition) is 4. The summed E-state index contributed by atoms with van der Waals surface area (Å²) in [7, 11) is 0. The minimum atomic E-state index is -4.66. The molecule has 10 heteroatoms. The highest BCUT2D eigenvalue weighted by Gasteiger charge is 2.31. The standard InChI is InChI=1S/C24H25F4N3O2S/c25-21-14-20(24(26,27)28)7-6-19(21)16-30-22(32)31(34-23(30)33)13-10-17-8-11-29(12-9-17)15-18-4-2-1-3-5-18/h1-7,14,17H,8-13,15-16H2. The van der Waals surface area contributed by atoms with Crippen LogP contribution in [0.25, 0.3) is 0 Å². The van der Waals surface area contributed by atoms with Gasteiger partial charge in [0.25, 0.3) is 0 Å². The van der Waals surface area contributed by atoms with Crippen molar-refractivity contribution in [2.75, 3.05) is 13.1 Å². The monoisotopic (exact) mass is 495 g/mol. The number of halogens is 4. The molecule has 0 saturated carbocycles. The van der Waals surface area contributed by atoms with Gasteiger partial charge in [-0.25, -0.2) is 17.7 Å². The van der Waals surface area contributed by atoms with Gasteiger partial charge in [-0.05, 0) is 56.0 Å². The Balaban J connectivity index is 1.34. The van der Waals surface area contributed by atoms with E-state index >= 15 is 0 Å². The molecule has 3 aromatic rings. The first-order valence-electron chi connectivity index (χ1n) is 11.1. The van der Waals surface area contributed by atoms with E-state index in [1.807, 2.05) is 18.2 Å². The van der Waals surface area contributed by atoms with E-state index in [4.69, 9.17) is 0 Å². The Morgan fingerprint density at radius 3 is 2.32 bits per heavy atom. The number of piperidine rings is 1. The van der Waals surface area contributed by atoms with Gasteiger partial charge >= 0.3 is 16.7 Å². The van der Waals surface area contributed by atoms with Crippen molar-refractivity contribution >= 4 is 11.5 Å². The van der Waals surface area contributed by atoms with E-state index in [0.29, 0.717) is 18.5 Å². The van der Waals surface area contributed by atoms with E-state index in [1.165, 1.54) is 9.52 Å². The first-order valence-corrected chi connectivity index (χ1v) is 11.9. The van der Waals surface area contributed by atoms with Gasteiger partial charge in [0.05, 0.1) is 12.1 Å². The van der Waals surface area contributed by atoms with Crippen LogP contribution in [-0.2, 0) is 25.8 Å². The molecule has 5 nitrogen and oxygen atoms in total. The smallest absolute Gasteiger partial charge is 0.299 e. The molecular formula is C24H25F4N3O2S. The Kier molecular flexibility index (Phi) is 7.37. The highest BCUT2D eigenvalue weighted by molar-refractivity contribution is 7.03. The van der Waals surface area contributed by atoms with E-state index < -0.39 is 34.7 Å². The summed E-state index contributed by atoms with van der Waals surface area (Å²) in [4.78, 5) is 26.9. The SMILES string of the molecule is O=c1sn(CCC2CCN(Cc3ccccc3)CC2)c(=O)n1Cc1ccc(C(F)(F)F)cc1F. The average molecular weight is 496 g/mol. The Bertz CT molecular complexity index is 1230. The van der Waals surface area contributed by atoms with Gasteiger partial charge < -0.3 is 0 Å². The number of aryl methyl sites for hydroxylation is 1. The summed E-state index contributed by atoms with van der Waals surface area (Å²) < 4.78 is 54.6. The van der Waals surface area contributed by atoms with Crippen molar-refractivity contribution in [3.63, 3.8) is 0 Å². The molecule has 1 saturated heterocycles. The van der Waals surface area contributed by atoms with Gasteiger partial charge in [-0.3, -0.25) is 9.69 Å². The van der Waals surface area contributed by atoms with Gasteiger partial charge in [0.2, 0.25) is 0 Å². The van der Waals surface area contributed by atoms with Crippen LogP contribution in [0.2, 0.25) is 0 Å². The zero-order valence-corrected chi connectivity index (χ0v) is 19.2. The van der Waals surface area contributed by atoms with Crippen LogP contribution in [0, 0.1) is 11.7 Å². The van der Waals surface area contributed by atoms with Crippen molar-refractivity contribution in [3.8, 4) is 0 Å². The predicted octanol–water partition coefficient (Wildman–Crippen LogP) is 4.58. The van der Waals surface area contributed by atoms with Crippen LogP contribution in [-0.4, -0.2) is 26.5 Å². The van der Waals surface area contributed by atoms with Gasteiger partial charge in [-0.1, -0.05) is 36.4 Å². The van der Waals surface area contributed by atoms with Crippen molar-refractivity contribution in [1.82, 2.24) is 13.4 Å². The van der Waals surface area contributed by atoms with Crippen LogP contribution >= 0.6 is 11.5 Å². The molecular weight excluding hydrogens is 470 g/mol. The minimum absolute atomic E-state index is 0.136. The number of alkyl halides is 3. The zero-order valence-electron chi connectivity index (χ0n) is 18.4. The maximum absolute atomic E-state index is 14.2. The van der Waals surface area contributed by atoms with Crippen molar-refractivity contribution in [2.45, 2.75) is 45.1 Å². The summed E-state index contributed by atoms with van der Waals surface area (Å²) in [5.41, 5.74) is -0.527. The third kappa shape index (κ3) is 5.85. The topological polar surface area (TPSA) is 47.2 Å². The average Bonchev–Trinajstić information content (AvgIpc) is 3.07. The van der Waals surface area contributed by atoms with Gasteiger partial charge in [-0.15, -0.1) is 0 Å². The van der Waals surface area contributed by atoms with Crippen LogP contribution in [0.5, 0.6) is 0 Å².